The molecule has 0 fully saturated rings. The molecule has 1 aromatic carbocycles. The van der Waals surface area contributed by atoms with Gasteiger partial charge in [-0.15, -0.1) is 11.8 Å². The molecule has 1 atom stereocenters. The zero-order chi connectivity index (χ0) is 19.4. The molecule has 1 unspecified atom stereocenters. The number of thioether (sulfide) groups is 1. The Balaban J connectivity index is 2.89. The number of alkyl halides is 6. The van der Waals surface area contributed by atoms with Gasteiger partial charge in [0.05, 0.1) is 20.5 Å². The second kappa shape index (κ2) is 8.03. The molecule has 0 bridgehead atoms. The van der Waals surface area contributed by atoms with E-state index in [-0.39, 0.29) is 4.90 Å². The lowest BCUT2D eigenvalue weighted by molar-refractivity contribution is -0.387. The van der Waals surface area contributed by atoms with Crippen LogP contribution in [-0.2, 0) is 20.3 Å². The van der Waals surface area contributed by atoms with E-state index in [9.17, 15) is 45.5 Å². The summed E-state index contributed by atoms with van der Waals surface area (Å²) < 4.78 is 87.8. The van der Waals surface area contributed by atoms with Gasteiger partial charge >= 0.3 is 17.7 Å². The molecule has 0 radical (unpaired) electrons. The van der Waals surface area contributed by atoms with Gasteiger partial charge in [0.2, 0.25) is 0 Å². The summed E-state index contributed by atoms with van der Waals surface area (Å²) in [6.45, 7) is -1.84. The Labute approximate surface area is 142 Å². The second-order valence-corrected chi connectivity index (χ2v) is 6.65. The molecule has 0 aromatic heterocycles. The largest absolute Gasteiger partial charge is 0.475 e. The highest BCUT2D eigenvalue weighted by Crippen LogP contribution is 2.34. The number of hydrogen-bond acceptors (Lipinski definition) is 6. The normalized spacial score (nSPS) is 13.4. The summed E-state index contributed by atoms with van der Waals surface area (Å²) in [6, 6.07) is 1.95. The van der Waals surface area contributed by atoms with Gasteiger partial charge in [-0.25, -0.2) is 4.21 Å². The standard InChI is InChI=1S/C11H7F6NO5S2/c12-10(13,14)5-23-9(19)4-24-8-2-1-6(3-7(8)18(20)21)25(22)11(15,16)17/h1-3H,4-5H2. The van der Waals surface area contributed by atoms with Gasteiger partial charge in [-0.05, 0) is 12.1 Å². The molecule has 1 aromatic rings. The molecule has 6 nitrogen and oxygen atoms in total. The predicted molar refractivity (Wildman–Crippen MR) is 73.3 cm³/mol. The van der Waals surface area contributed by atoms with Gasteiger partial charge in [-0.1, -0.05) is 0 Å². The van der Waals surface area contributed by atoms with Crippen LogP contribution < -0.4 is 0 Å². The minimum absolute atomic E-state index is 0.295. The molecule has 0 heterocycles. The number of nitro groups is 1. The average Bonchev–Trinajstić information content (AvgIpc) is 2.48. The van der Waals surface area contributed by atoms with Crippen LogP contribution in [0, 0.1) is 10.1 Å². The van der Waals surface area contributed by atoms with Crippen LogP contribution in [0.3, 0.4) is 0 Å². The average molecular weight is 411 g/mol. The van der Waals surface area contributed by atoms with Gasteiger partial charge in [0.15, 0.2) is 17.4 Å². The first-order valence-electron chi connectivity index (χ1n) is 5.93. The lowest BCUT2D eigenvalue weighted by Gasteiger charge is -2.09. The molecule has 0 saturated heterocycles. The summed E-state index contributed by atoms with van der Waals surface area (Å²) in [4.78, 5) is 19.8. The fourth-order valence-electron chi connectivity index (χ4n) is 1.35. The number of nitro benzene ring substituents is 1. The van der Waals surface area contributed by atoms with Crippen LogP contribution in [0.2, 0.25) is 0 Å². The van der Waals surface area contributed by atoms with E-state index in [0.29, 0.717) is 23.9 Å². The van der Waals surface area contributed by atoms with Crippen molar-refractivity contribution in [2.45, 2.75) is 21.5 Å². The van der Waals surface area contributed by atoms with Crippen molar-refractivity contribution in [1.29, 1.82) is 0 Å². The molecular formula is C11H7F6NO5S2. The van der Waals surface area contributed by atoms with Crippen molar-refractivity contribution in [1.82, 2.24) is 0 Å². The van der Waals surface area contributed by atoms with Crippen molar-refractivity contribution in [2.24, 2.45) is 0 Å². The first kappa shape index (κ1) is 21.2. The number of benzene rings is 1. The number of halogens is 6. The number of nitrogens with zero attached hydrogens (tertiary/aromatic N) is 1. The quantitative estimate of drug-likeness (QED) is 0.234. The van der Waals surface area contributed by atoms with Gasteiger partial charge in [0.1, 0.15) is 0 Å². The molecule has 0 aliphatic rings. The van der Waals surface area contributed by atoms with Crippen LogP contribution in [0.1, 0.15) is 0 Å². The fourth-order valence-corrected chi connectivity index (χ4v) is 2.83. The van der Waals surface area contributed by atoms with Crippen molar-refractivity contribution in [2.75, 3.05) is 12.4 Å². The molecular weight excluding hydrogens is 404 g/mol. The molecule has 0 N–H and O–H groups in total. The fraction of sp³-hybridized carbons (Fsp3) is 0.364. The van der Waals surface area contributed by atoms with Crippen LogP contribution in [0.4, 0.5) is 32.0 Å². The minimum atomic E-state index is -5.12. The van der Waals surface area contributed by atoms with Crippen LogP contribution in [-0.4, -0.2) is 39.1 Å². The summed E-state index contributed by atoms with van der Waals surface area (Å²) in [7, 11) is -3.49. The van der Waals surface area contributed by atoms with E-state index >= 15 is 0 Å². The van der Waals surface area contributed by atoms with Crippen LogP contribution >= 0.6 is 11.8 Å². The Bertz CT molecular complexity index is 691. The molecule has 0 spiro atoms. The molecule has 14 heteroatoms. The van der Waals surface area contributed by atoms with Crippen LogP contribution in [0.5, 0.6) is 0 Å². The molecule has 0 amide bonds. The number of carbonyl (C=O) groups is 1. The maximum absolute atomic E-state index is 12.4. The van der Waals surface area contributed by atoms with Crippen molar-refractivity contribution in [3.05, 3.63) is 28.3 Å². The lowest BCUT2D eigenvalue weighted by Crippen LogP contribution is -2.21. The maximum Gasteiger partial charge on any atom is 0.475 e. The highest BCUT2D eigenvalue weighted by molar-refractivity contribution is 8.00. The summed E-state index contributed by atoms with van der Waals surface area (Å²) in [6.07, 6.45) is -4.74. The SMILES string of the molecule is O=C(CSc1ccc(S(=O)C(F)(F)F)cc1[N+](=O)[O-])OCC(F)(F)F. The van der Waals surface area contributed by atoms with Crippen molar-refractivity contribution in [3.63, 3.8) is 0 Å². The van der Waals surface area contributed by atoms with Crippen molar-refractivity contribution < 1.29 is 45.0 Å². The van der Waals surface area contributed by atoms with E-state index in [0.717, 1.165) is 6.07 Å². The number of hydrogen-bond donors (Lipinski definition) is 0. The van der Waals surface area contributed by atoms with Crippen molar-refractivity contribution in [3.8, 4) is 0 Å². The zero-order valence-electron chi connectivity index (χ0n) is 11.7. The Morgan fingerprint density at radius 3 is 2.32 bits per heavy atom. The summed E-state index contributed by atoms with van der Waals surface area (Å²) >= 11 is 0.398. The van der Waals surface area contributed by atoms with Crippen molar-refractivity contribution >= 4 is 34.2 Å². The molecule has 0 aliphatic heterocycles. The molecule has 0 saturated carbocycles. The number of rotatable bonds is 6. The third-order valence-electron chi connectivity index (χ3n) is 2.29. The first-order chi connectivity index (χ1) is 11.3. The van der Waals surface area contributed by atoms with Gasteiger partial charge in [-0.2, -0.15) is 26.3 Å². The Morgan fingerprint density at radius 1 is 1.24 bits per heavy atom. The number of esters is 1. The smallest absolute Gasteiger partial charge is 0.455 e. The highest BCUT2D eigenvalue weighted by Gasteiger charge is 2.39. The van der Waals surface area contributed by atoms with Gasteiger partial charge in [-0.3, -0.25) is 14.9 Å². The predicted octanol–water partition coefficient (Wildman–Crippen LogP) is 3.42. The van der Waals surface area contributed by atoms with Crippen LogP contribution in [0.15, 0.2) is 28.0 Å². The second-order valence-electron chi connectivity index (χ2n) is 4.17. The number of ether oxygens (including phenoxy) is 1. The zero-order valence-corrected chi connectivity index (χ0v) is 13.4. The van der Waals surface area contributed by atoms with Gasteiger partial charge in [0, 0.05) is 6.07 Å². The maximum atomic E-state index is 12.4. The Hall–Kier alpha value is -1.83. The highest BCUT2D eigenvalue weighted by atomic mass is 32.2. The third-order valence-corrected chi connectivity index (χ3v) is 4.43. The van der Waals surface area contributed by atoms with Gasteiger partial charge < -0.3 is 4.74 Å². The Kier molecular flexibility index (Phi) is 6.82. The summed E-state index contributed by atoms with van der Waals surface area (Å²) in [5, 5.41) is 10.9. The minimum Gasteiger partial charge on any atom is -0.455 e. The lowest BCUT2D eigenvalue weighted by atomic mass is 10.3. The van der Waals surface area contributed by atoms with E-state index in [1.165, 1.54) is 0 Å². The van der Waals surface area contributed by atoms with E-state index in [1.807, 2.05) is 0 Å². The first-order valence-corrected chi connectivity index (χ1v) is 8.07. The topological polar surface area (TPSA) is 86.5 Å². The molecule has 1 rings (SSSR count). The van der Waals surface area contributed by atoms with Gasteiger partial charge in [0.25, 0.3) is 5.69 Å². The molecule has 0 aliphatic carbocycles. The van der Waals surface area contributed by atoms with E-state index in [1.54, 1.807) is 0 Å². The Morgan fingerprint density at radius 2 is 1.84 bits per heavy atom. The third kappa shape index (κ3) is 6.89. The van der Waals surface area contributed by atoms with E-state index in [4.69, 9.17) is 0 Å². The number of carbonyl (C=O) groups excluding carboxylic acids is 1. The van der Waals surface area contributed by atoms with E-state index in [2.05, 4.69) is 4.74 Å². The van der Waals surface area contributed by atoms with Crippen LogP contribution in [0.25, 0.3) is 0 Å². The van der Waals surface area contributed by atoms with E-state index < -0.39 is 56.3 Å². The summed E-state index contributed by atoms with van der Waals surface area (Å²) in [5.74, 6) is -2.06. The molecule has 140 valence electrons. The molecule has 25 heavy (non-hydrogen) atoms. The summed E-state index contributed by atoms with van der Waals surface area (Å²) in [5.41, 5.74) is -5.99. The monoisotopic (exact) mass is 411 g/mol.